The van der Waals surface area contributed by atoms with Crippen LogP contribution in [-0.4, -0.2) is 55.5 Å². The van der Waals surface area contributed by atoms with E-state index < -0.39 is 0 Å². The van der Waals surface area contributed by atoms with Crippen LogP contribution in [0.25, 0.3) is 0 Å². The summed E-state index contributed by atoms with van der Waals surface area (Å²) in [6, 6.07) is 0. The van der Waals surface area contributed by atoms with Crippen molar-refractivity contribution >= 4 is 11.8 Å². The lowest BCUT2D eigenvalue weighted by Crippen LogP contribution is -2.19. The molecular weight excluding hydrogens is 250 g/mol. The fraction of sp³-hybridized carbons (Fsp3) is 0.600. The molecule has 2 aromatic heterocycles. The Morgan fingerprint density at radius 1 is 1.39 bits per heavy atom. The number of thioether (sulfide) groups is 1. The van der Waals surface area contributed by atoms with Gasteiger partial charge >= 0.3 is 0 Å². The highest BCUT2D eigenvalue weighted by molar-refractivity contribution is 7.98. The summed E-state index contributed by atoms with van der Waals surface area (Å²) in [6.45, 7) is 1.72. The van der Waals surface area contributed by atoms with Crippen molar-refractivity contribution < 1.29 is 0 Å². The number of hydrogen-bond acceptors (Lipinski definition) is 6. The summed E-state index contributed by atoms with van der Waals surface area (Å²) in [4.78, 5) is 2.11. The normalized spacial score (nSPS) is 11.3. The summed E-state index contributed by atoms with van der Waals surface area (Å²) in [5, 5.41) is 16.7. The van der Waals surface area contributed by atoms with Crippen molar-refractivity contribution in [3.05, 3.63) is 18.0 Å². The van der Waals surface area contributed by atoms with Gasteiger partial charge in [-0.1, -0.05) is 11.8 Å². The number of hydrogen-bond donors (Lipinski definition) is 0. The molecule has 0 fully saturated rings. The van der Waals surface area contributed by atoms with Gasteiger partial charge < -0.3 is 4.90 Å². The van der Waals surface area contributed by atoms with E-state index in [1.54, 1.807) is 16.4 Å². The SMILES string of the molecule is CN(C)CCn1nnnc1SCc1cnn(C)c1. The lowest BCUT2D eigenvalue weighted by atomic mass is 10.4. The molecule has 0 unspecified atom stereocenters. The molecule has 0 aliphatic rings. The first-order valence-corrected chi connectivity index (χ1v) is 6.65. The quantitative estimate of drug-likeness (QED) is 0.700. The largest absolute Gasteiger partial charge is 0.308 e. The minimum atomic E-state index is 0.801. The van der Waals surface area contributed by atoms with E-state index in [-0.39, 0.29) is 0 Å². The van der Waals surface area contributed by atoms with Gasteiger partial charge in [0, 0.05) is 31.1 Å². The summed E-state index contributed by atoms with van der Waals surface area (Å²) in [7, 11) is 5.98. The second-order valence-corrected chi connectivity index (χ2v) is 5.24. The summed E-state index contributed by atoms with van der Waals surface area (Å²) >= 11 is 1.63. The molecule has 0 aliphatic carbocycles. The third-order valence-corrected chi connectivity index (χ3v) is 3.41. The van der Waals surface area contributed by atoms with Gasteiger partial charge in [0.2, 0.25) is 5.16 Å². The molecule has 0 spiro atoms. The molecular formula is C10H17N7S. The Balaban J connectivity index is 1.91. The van der Waals surface area contributed by atoms with E-state index in [1.165, 1.54) is 5.56 Å². The molecule has 98 valence electrons. The number of aryl methyl sites for hydroxylation is 1. The van der Waals surface area contributed by atoms with Gasteiger partial charge in [-0.05, 0) is 24.5 Å². The summed E-state index contributed by atoms with van der Waals surface area (Å²) in [5.41, 5.74) is 1.17. The molecule has 0 aliphatic heterocycles. The first kappa shape index (κ1) is 13.0. The van der Waals surface area contributed by atoms with E-state index in [0.717, 1.165) is 24.0 Å². The van der Waals surface area contributed by atoms with E-state index in [2.05, 4.69) is 25.5 Å². The van der Waals surface area contributed by atoms with Crippen molar-refractivity contribution in [2.45, 2.75) is 17.5 Å². The molecule has 8 heteroatoms. The topological polar surface area (TPSA) is 64.7 Å². The van der Waals surface area contributed by atoms with Crippen LogP contribution in [0.15, 0.2) is 17.6 Å². The molecule has 0 radical (unpaired) electrons. The van der Waals surface area contributed by atoms with Crippen LogP contribution in [0.5, 0.6) is 0 Å². The Kier molecular flexibility index (Phi) is 4.32. The Bertz CT molecular complexity index is 490. The average Bonchev–Trinajstić information content (AvgIpc) is 2.92. The van der Waals surface area contributed by atoms with E-state index in [4.69, 9.17) is 0 Å². The minimum Gasteiger partial charge on any atom is -0.308 e. The molecule has 0 aromatic carbocycles. The zero-order valence-corrected chi connectivity index (χ0v) is 11.6. The van der Waals surface area contributed by atoms with E-state index in [9.17, 15) is 0 Å². The second kappa shape index (κ2) is 5.96. The number of rotatable bonds is 6. The molecule has 0 amide bonds. The molecule has 7 nitrogen and oxygen atoms in total. The molecule has 0 saturated heterocycles. The molecule has 2 rings (SSSR count). The Morgan fingerprint density at radius 3 is 2.89 bits per heavy atom. The highest BCUT2D eigenvalue weighted by Gasteiger charge is 2.07. The van der Waals surface area contributed by atoms with Crippen molar-refractivity contribution in [2.75, 3.05) is 20.6 Å². The molecule has 0 atom stereocenters. The van der Waals surface area contributed by atoms with Crippen LogP contribution in [0.4, 0.5) is 0 Å². The van der Waals surface area contributed by atoms with Crippen LogP contribution < -0.4 is 0 Å². The van der Waals surface area contributed by atoms with Crippen LogP contribution in [-0.2, 0) is 19.3 Å². The summed E-state index contributed by atoms with van der Waals surface area (Å²) < 4.78 is 3.63. The van der Waals surface area contributed by atoms with Gasteiger partial charge in [0.05, 0.1) is 12.7 Å². The van der Waals surface area contributed by atoms with Gasteiger partial charge in [-0.2, -0.15) is 5.10 Å². The van der Waals surface area contributed by atoms with Crippen LogP contribution in [0, 0.1) is 0 Å². The predicted octanol–water partition coefficient (Wildman–Crippen LogP) is 0.260. The Labute approximate surface area is 110 Å². The van der Waals surface area contributed by atoms with Crippen molar-refractivity contribution in [3.63, 3.8) is 0 Å². The van der Waals surface area contributed by atoms with Gasteiger partial charge in [-0.25, -0.2) is 4.68 Å². The summed E-state index contributed by atoms with van der Waals surface area (Å²) in [6.07, 6.45) is 3.86. The predicted molar refractivity (Wildman–Crippen MR) is 69.1 cm³/mol. The fourth-order valence-corrected chi connectivity index (χ4v) is 2.25. The Hall–Kier alpha value is -1.41. The van der Waals surface area contributed by atoms with Crippen LogP contribution in [0.1, 0.15) is 5.56 Å². The Morgan fingerprint density at radius 2 is 2.22 bits per heavy atom. The van der Waals surface area contributed by atoms with Gasteiger partial charge in [-0.3, -0.25) is 4.68 Å². The third-order valence-electron chi connectivity index (χ3n) is 2.38. The zero-order chi connectivity index (χ0) is 13.0. The fourth-order valence-electron chi connectivity index (χ4n) is 1.43. The highest BCUT2D eigenvalue weighted by atomic mass is 32.2. The monoisotopic (exact) mass is 267 g/mol. The molecule has 2 heterocycles. The minimum absolute atomic E-state index is 0.801. The number of aromatic nitrogens is 6. The second-order valence-electron chi connectivity index (χ2n) is 4.30. The maximum absolute atomic E-state index is 4.14. The third kappa shape index (κ3) is 3.54. The van der Waals surface area contributed by atoms with Gasteiger partial charge in [-0.15, -0.1) is 5.10 Å². The van der Waals surface area contributed by atoms with E-state index >= 15 is 0 Å². The van der Waals surface area contributed by atoms with Crippen molar-refractivity contribution in [1.82, 2.24) is 34.9 Å². The van der Waals surface area contributed by atoms with Gasteiger partial charge in [0.25, 0.3) is 0 Å². The maximum Gasteiger partial charge on any atom is 0.209 e. The molecule has 0 N–H and O–H groups in total. The standard InChI is InChI=1S/C10H17N7S/c1-15(2)4-5-17-10(12-13-14-17)18-8-9-6-11-16(3)7-9/h6-7H,4-5,8H2,1-3H3. The average molecular weight is 267 g/mol. The summed E-state index contributed by atoms with van der Waals surface area (Å²) in [5.74, 6) is 0.830. The molecule has 0 bridgehead atoms. The zero-order valence-electron chi connectivity index (χ0n) is 10.8. The molecule has 0 saturated carbocycles. The lowest BCUT2D eigenvalue weighted by molar-refractivity contribution is 0.361. The first-order valence-electron chi connectivity index (χ1n) is 5.66. The maximum atomic E-state index is 4.14. The van der Waals surface area contributed by atoms with Crippen molar-refractivity contribution in [1.29, 1.82) is 0 Å². The van der Waals surface area contributed by atoms with E-state index in [1.807, 2.05) is 38.2 Å². The first-order chi connectivity index (χ1) is 8.65. The van der Waals surface area contributed by atoms with Gasteiger partial charge in [0.1, 0.15) is 0 Å². The van der Waals surface area contributed by atoms with Crippen molar-refractivity contribution in [2.24, 2.45) is 7.05 Å². The van der Waals surface area contributed by atoms with E-state index in [0.29, 0.717) is 0 Å². The number of likely N-dealkylation sites (N-methyl/N-ethyl adjacent to an activating group) is 1. The van der Waals surface area contributed by atoms with Crippen LogP contribution >= 0.6 is 11.8 Å². The lowest BCUT2D eigenvalue weighted by Gasteiger charge is -2.09. The number of tetrazole rings is 1. The van der Waals surface area contributed by atoms with Crippen LogP contribution in [0.3, 0.4) is 0 Å². The smallest absolute Gasteiger partial charge is 0.209 e. The highest BCUT2D eigenvalue weighted by Crippen LogP contribution is 2.19. The van der Waals surface area contributed by atoms with Crippen LogP contribution in [0.2, 0.25) is 0 Å². The van der Waals surface area contributed by atoms with Crippen molar-refractivity contribution in [3.8, 4) is 0 Å². The van der Waals surface area contributed by atoms with Gasteiger partial charge in [0.15, 0.2) is 0 Å². The number of nitrogens with zero attached hydrogens (tertiary/aromatic N) is 7. The molecule has 18 heavy (non-hydrogen) atoms. The molecule has 2 aromatic rings.